The summed E-state index contributed by atoms with van der Waals surface area (Å²) in [4.78, 5) is 0. The molecule has 0 aromatic rings. The second kappa shape index (κ2) is 2.56. The first kappa shape index (κ1) is 6.18. The molecule has 0 aromatic heterocycles. The quantitative estimate of drug-likeness (QED) is 0.505. The van der Waals surface area contributed by atoms with Crippen molar-refractivity contribution in [1.29, 1.82) is 0 Å². The highest BCUT2D eigenvalue weighted by Crippen LogP contribution is 2.00. The van der Waals surface area contributed by atoms with Crippen molar-refractivity contribution in [1.82, 2.24) is 10.4 Å². The Hall–Kier alpha value is -0.940. The molecule has 1 heterocycles. The normalized spacial score (nSPS) is 17.3. The topological polar surface area (TPSA) is 15.3 Å². The van der Waals surface area contributed by atoms with Gasteiger partial charge in [0.1, 0.15) is 0 Å². The Labute approximate surface area is 55.5 Å². The maximum Gasteiger partial charge on any atom is 0.0943 e. The van der Waals surface area contributed by atoms with E-state index in [-0.39, 0.29) is 0 Å². The lowest BCUT2D eigenvalue weighted by atomic mass is 10.4. The van der Waals surface area contributed by atoms with E-state index in [2.05, 4.69) is 18.3 Å². The Morgan fingerprint density at radius 2 is 2.78 bits per heavy atom. The predicted molar refractivity (Wildman–Crippen MR) is 37.3 cm³/mol. The third kappa shape index (κ3) is 1.48. The maximum atomic E-state index is 5.09. The van der Waals surface area contributed by atoms with Crippen molar-refractivity contribution in [3.05, 3.63) is 11.8 Å². The zero-order chi connectivity index (χ0) is 6.69. The van der Waals surface area contributed by atoms with E-state index in [9.17, 15) is 0 Å². The van der Waals surface area contributed by atoms with Gasteiger partial charge in [0.2, 0.25) is 0 Å². The highest BCUT2D eigenvalue weighted by Gasteiger charge is 2.04. The number of terminal acetylenes is 1. The number of hydrogen-bond donors (Lipinski definition) is 1. The summed E-state index contributed by atoms with van der Waals surface area (Å²) >= 11 is 0. The molecule has 0 spiro atoms. The molecule has 9 heavy (non-hydrogen) atoms. The van der Waals surface area contributed by atoms with Crippen molar-refractivity contribution in [3.8, 4) is 12.3 Å². The van der Waals surface area contributed by atoms with Gasteiger partial charge in [-0.1, -0.05) is 5.92 Å². The summed E-state index contributed by atoms with van der Waals surface area (Å²) < 4.78 is 0. The first-order chi connectivity index (χ1) is 4.33. The summed E-state index contributed by atoms with van der Waals surface area (Å²) in [6, 6.07) is 0. The number of nitrogens with zero attached hydrogens (tertiary/aromatic N) is 1. The van der Waals surface area contributed by atoms with Gasteiger partial charge in [-0.15, -0.1) is 6.42 Å². The van der Waals surface area contributed by atoms with Crippen molar-refractivity contribution in [2.75, 3.05) is 13.1 Å². The Morgan fingerprint density at radius 1 is 2.00 bits per heavy atom. The predicted octanol–water partition coefficient (Wildman–Crippen LogP) is 0.344. The van der Waals surface area contributed by atoms with Gasteiger partial charge in [0.05, 0.1) is 6.54 Å². The van der Waals surface area contributed by atoms with Crippen LogP contribution in [0.1, 0.15) is 6.92 Å². The summed E-state index contributed by atoms with van der Waals surface area (Å²) in [6.07, 6.45) is 7.12. The van der Waals surface area contributed by atoms with Crippen molar-refractivity contribution in [3.63, 3.8) is 0 Å². The van der Waals surface area contributed by atoms with Gasteiger partial charge >= 0.3 is 0 Å². The van der Waals surface area contributed by atoms with Crippen LogP contribution in [0.5, 0.6) is 0 Å². The van der Waals surface area contributed by atoms with Crippen LogP contribution in [-0.4, -0.2) is 18.1 Å². The minimum Gasteiger partial charge on any atom is -0.303 e. The van der Waals surface area contributed by atoms with Gasteiger partial charge in [-0.2, -0.15) is 0 Å². The number of rotatable bonds is 1. The van der Waals surface area contributed by atoms with Gasteiger partial charge in [-0.05, 0) is 12.5 Å². The minimum atomic E-state index is 0.650. The molecule has 0 saturated heterocycles. The van der Waals surface area contributed by atoms with E-state index in [1.165, 1.54) is 5.57 Å². The third-order valence-electron chi connectivity index (χ3n) is 1.20. The lowest BCUT2D eigenvalue weighted by Crippen LogP contribution is -2.28. The molecule has 0 aromatic carbocycles. The highest BCUT2D eigenvalue weighted by molar-refractivity contribution is 5.06. The van der Waals surface area contributed by atoms with E-state index in [1.807, 2.05) is 11.2 Å². The molecule has 1 aliphatic heterocycles. The van der Waals surface area contributed by atoms with Crippen LogP contribution in [0.2, 0.25) is 0 Å². The molecule has 48 valence electrons. The minimum absolute atomic E-state index is 0.650. The van der Waals surface area contributed by atoms with E-state index in [0.717, 1.165) is 6.54 Å². The SMILES string of the molecule is C#CCN1C=C(C)CN1. The standard InChI is InChI=1S/C7H10N2/c1-3-4-9-6-7(2)5-8-9/h1,6,8H,4-5H2,2H3. The number of hydrogen-bond acceptors (Lipinski definition) is 2. The van der Waals surface area contributed by atoms with Crippen LogP contribution >= 0.6 is 0 Å². The fourth-order valence-electron chi connectivity index (χ4n) is 0.783. The molecule has 0 radical (unpaired) electrons. The largest absolute Gasteiger partial charge is 0.303 e. The average molecular weight is 122 g/mol. The van der Waals surface area contributed by atoms with Crippen molar-refractivity contribution in [2.45, 2.75) is 6.92 Å². The van der Waals surface area contributed by atoms with Crippen molar-refractivity contribution in [2.24, 2.45) is 0 Å². The highest BCUT2D eigenvalue weighted by atomic mass is 15.5. The van der Waals surface area contributed by atoms with Gasteiger partial charge in [-0.25, -0.2) is 5.43 Å². The average Bonchev–Trinajstić information content (AvgIpc) is 2.17. The van der Waals surface area contributed by atoms with E-state index in [1.54, 1.807) is 0 Å². The monoisotopic (exact) mass is 122 g/mol. The molecule has 0 atom stereocenters. The van der Waals surface area contributed by atoms with Crippen LogP contribution < -0.4 is 5.43 Å². The van der Waals surface area contributed by atoms with Crippen LogP contribution in [0.4, 0.5) is 0 Å². The van der Waals surface area contributed by atoms with Crippen LogP contribution in [0.25, 0.3) is 0 Å². The summed E-state index contributed by atoms with van der Waals surface area (Å²) in [5.74, 6) is 2.55. The van der Waals surface area contributed by atoms with Crippen LogP contribution in [0.15, 0.2) is 11.8 Å². The molecule has 0 unspecified atom stereocenters. The van der Waals surface area contributed by atoms with Crippen molar-refractivity contribution < 1.29 is 0 Å². The second-order valence-corrected chi connectivity index (χ2v) is 2.14. The summed E-state index contributed by atoms with van der Waals surface area (Å²) in [5.41, 5.74) is 4.43. The lowest BCUT2D eigenvalue weighted by Gasteiger charge is -2.10. The second-order valence-electron chi connectivity index (χ2n) is 2.14. The van der Waals surface area contributed by atoms with Gasteiger partial charge in [0.15, 0.2) is 0 Å². The molecule has 0 fully saturated rings. The molecular weight excluding hydrogens is 112 g/mol. The van der Waals surface area contributed by atoms with E-state index >= 15 is 0 Å². The van der Waals surface area contributed by atoms with Gasteiger partial charge in [0, 0.05) is 12.7 Å². The molecule has 0 aliphatic carbocycles. The molecule has 0 saturated carbocycles. The van der Waals surface area contributed by atoms with Crippen LogP contribution in [0, 0.1) is 12.3 Å². The van der Waals surface area contributed by atoms with Crippen LogP contribution in [0.3, 0.4) is 0 Å². The summed E-state index contributed by atoms with van der Waals surface area (Å²) in [7, 11) is 0. The molecule has 1 aliphatic rings. The first-order valence-corrected chi connectivity index (χ1v) is 2.94. The van der Waals surface area contributed by atoms with E-state index in [4.69, 9.17) is 6.42 Å². The van der Waals surface area contributed by atoms with E-state index < -0.39 is 0 Å². The van der Waals surface area contributed by atoms with Gasteiger partial charge < -0.3 is 5.01 Å². The van der Waals surface area contributed by atoms with Gasteiger partial charge in [0.25, 0.3) is 0 Å². The zero-order valence-corrected chi connectivity index (χ0v) is 5.52. The zero-order valence-electron chi connectivity index (χ0n) is 5.52. The molecule has 0 bridgehead atoms. The number of hydrazine groups is 1. The smallest absolute Gasteiger partial charge is 0.0943 e. The fourth-order valence-corrected chi connectivity index (χ4v) is 0.783. The molecule has 1 N–H and O–H groups in total. The Balaban J connectivity index is 2.40. The summed E-state index contributed by atoms with van der Waals surface area (Å²) in [5, 5.41) is 1.91. The number of nitrogens with one attached hydrogen (secondary N) is 1. The maximum absolute atomic E-state index is 5.09. The van der Waals surface area contributed by atoms with E-state index in [0.29, 0.717) is 6.54 Å². The third-order valence-corrected chi connectivity index (χ3v) is 1.20. The molecule has 2 nitrogen and oxygen atoms in total. The fraction of sp³-hybridized carbons (Fsp3) is 0.429. The van der Waals surface area contributed by atoms with Gasteiger partial charge in [-0.3, -0.25) is 0 Å². The Bertz CT molecular complexity index is 164. The first-order valence-electron chi connectivity index (χ1n) is 2.94. The lowest BCUT2D eigenvalue weighted by molar-refractivity contribution is 0.344. The molecular formula is C7H10N2. The molecule has 1 rings (SSSR count). The van der Waals surface area contributed by atoms with Crippen LogP contribution in [-0.2, 0) is 0 Å². The molecule has 2 heteroatoms. The summed E-state index contributed by atoms with van der Waals surface area (Å²) in [6.45, 7) is 3.66. The molecule has 0 amide bonds. The van der Waals surface area contributed by atoms with Crippen molar-refractivity contribution >= 4 is 0 Å². The Morgan fingerprint density at radius 3 is 3.22 bits per heavy atom. The Kier molecular flexibility index (Phi) is 1.76.